The zero-order valence-electron chi connectivity index (χ0n) is 12.6. The quantitative estimate of drug-likeness (QED) is 0.497. The molecular weight excluding hydrogens is 270 g/mol. The van der Waals surface area contributed by atoms with Gasteiger partial charge in [0.1, 0.15) is 0 Å². The Morgan fingerprint density at radius 1 is 1.19 bits per heavy atom. The van der Waals surface area contributed by atoms with E-state index in [4.69, 9.17) is 16.2 Å². The van der Waals surface area contributed by atoms with Crippen LogP contribution in [0.3, 0.4) is 0 Å². The Labute approximate surface area is 125 Å². The van der Waals surface area contributed by atoms with Crippen LogP contribution in [0.5, 0.6) is 0 Å². The van der Waals surface area contributed by atoms with Crippen molar-refractivity contribution in [1.82, 2.24) is 19.6 Å². The number of hydrogen-bond donors (Lipinski definition) is 2. The maximum atomic E-state index is 5.33. The summed E-state index contributed by atoms with van der Waals surface area (Å²) < 4.78 is 6.99. The first kappa shape index (κ1) is 15.7. The first-order valence-electron chi connectivity index (χ1n) is 7.24. The Hall–Kier alpha value is -1.64. The highest BCUT2D eigenvalue weighted by molar-refractivity contribution is 5.78. The Kier molecular flexibility index (Phi) is 5.97. The minimum Gasteiger partial charge on any atom is -0.383 e. The molecule has 0 aliphatic carbocycles. The molecule has 21 heavy (non-hydrogen) atoms. The van der Waals surface area contributed by atoms with E-state index < -0.39 is 0 Å². The molecule has 1 fully saturated rings. The summed E-state index contributed by atoms with van der Waals surface area (Å²) in [5.74, 6) is 0.590. The molecular formula is C13H25N7O. The third-order valence-electron chi connectivity index (χ3n) is 3.59. The lowest BCUT2D eigenvalue weighted by Crippen LogP contribution is -2.47. The average molecular weight is 295 g/mol. The van der Waals surface area contributed by atoms with Gasteiger partial charge in [0.25, 0.3) is 0 Å². The monoisotopic (exact) mass is 295 g/mol. The highest BCUT2D eigenvalue weighted by atomic mass is 16.5. The number of ether oxygens (including phenoxy) is 1. The maximum absolute atomic E-state index is 5.33. The molecule has 0 unspecified atom stereocenters. The fourth-order valence-corrected chi connectivity index (χ4v) is 2.37. The highest BCUT2D eigenvalue weighted by Gasteiger charge is 2.16. The van der Waals surface area contributed by atoms with Gasteiger partial charge in [0, 0.05) is 58.6 Å². The van der Waals surface area contributed by atoms with Gasteiger partial charge in [-0.3, -0.25) is 14.5 Å². The Morgan fingerprint density at radius 2 is 1.86 bits per heavy atom. The van der Waals surface area contributed by atoms with Crippen molar-refractivity contribution in [1.29, 1.82) is 0 Å². The van der Waals surface area contributed by atoms with E-state index >= 15 is 0 Å². The molecule has 4 N–H and O–H groups in total. The number of rotatable bonds is 7. The molecule has 0 atom stereocenters. The van der Waals surface area contributed by atoms with E-state index in [1.165, 1.54) is 0 Å². The molecule has 0 bridgehead atoms. The van der Waals surface area contributed by atoms with E-state index in [0.29, 0.717) is 5.82 Å². The van der Waals surface area contributed by atoms with Crippen molar-refractivity contribution in [2.24, 2.45) is 16.5 Å². The largest absolute Gasteiger partial charge is 0.383 e. The lowest BCUT2D eigenvalue weighted by molar-refractivity contribution is 0.0948. The van der Waals surface area contributed by atoms with Gasteiger partial charge in [0.15, 0.2) is 11.8 Å². The molecule has 1 aliphatic rings. The smallest absolute Gasteiger partial charge is 0.192 e. The van der Waals surface area contributed by atoms with Crippen LogP contribution in [-0.2, 0) is 11.3 Å². The summed E-state index contributed by atoms with van der Waals surface area (Å²) in [7, 11) is 1.75. The minimum absolute atomic E-state index is 0.0347. The van der Waals surface area contributed by atoms with Crippen LogP contribution in [0, 0.1) is 0 Å². The van der Waals surface area contributed by atoms with E-state index in [-0.39, 0.29) is 5.96 Å². The van der Waals surface area contributed by atoms with Crippen LogP contribution in [0.2, 0.25) is 0 Å². The molecule has 0 saturated carbocycles. The van der Waals surface area contributed by atoms with Crippen molar-refractivity contribution in [3.63, 3.8) is 0 Å². The number of nitrogens with two attached hydrogens (primary N) is 2. The molecule has 8 nitrogen and oxygen atoms in total. The van der Waals surface area contributed by atoms with E-state index in [9.17, 15) is 0 Å². The fourth-order valence-electron chi connectivity index (χ4n) is 2.37. The molecule has 0 radical (unpaired) electrons. The second kappa shape index (κ2) is 7.96. The number of methoxy groups -OCH3 is 1. The van der Waals surface area contributed by atoms with Gasteiger partial charge >= 0.3 is 0 Å². The van der Waals surface area contributed by atoms with Crippen molar-refractivity contribution in [3.05, 3.63) is 12.3 Å². The van der Waals surface area contributed by atoms with E-state index in [1.54, 1.807) is 7.11 Å². The first-order valence-corrected chi connectivity index (χ1v) is 7.24. The van der Waals surface area contributed by atoms with Gasteiger partial charge in [-0.05, 0) is 0 Å². The second-order valence-electron chi connectivity index (χ2n) is 5.15. The third kappa shape index (κ3) is 5.33. The maximum Gasteiger partial charge on any atom is 0.192 e. The average Bonchev–Trinajstić information content (AvgIpc) is 2.91. The summed E-state index contributed by atoms with van der Waals surface area (Å²) in [6, 6.07) is 1.81. The van der Waals surface area contributed by atoms with Crippen molar-refractivity contribution < 1.29 is 4.74 Å². The molecule has 1 saturated heterocycles. The predicted octanol–water partition coefficient (Wildman–Crippen LogP) is -0.948. The van der Waals surface area contributed by atoms with E-state index in [1.807, 2.05) is 16.9 Å². The predicted molar refractivity (Wildman–Crippen MR) is 82.5 cm³/mol. The van der Waals surface area contributed by atoms with Gasteiger partial charge in [-0.1, -0.05) is 0 Å². The van der Waals surface area contributed by atoms with Crippen molar-refractivity contribution in [3.8, 4) is 0 Å². The number of aliphatic imine (C=N–C) groups is 1. The molecule has 0 amide bonds. The van der Waals surface area contributed by atoms with E-state index in [0.717, 1.165) is 52.4 Å². The van der Waals surface area contributed by atoms with Crippen LogP contribution in [-0.4, -0.2) is 78.5 Å². The van der Waals surface area contributed by atoms with Crippen LogP contribution in [0.1, 0.15) is 0 Å². The van der Waals surface area contributed by atoms with Gasteiger partial charge < -0.3 is 16.2 Å². The lowest BCUT2D eigenvalue weighted by atomic mass is 10.3. The van der Waals surface area contributed by atoms with Crippen LogP contribution in [0.4, 0.5) is 5.82 Å². The zero-order valence-corrected chi connectivity index (χ0v) is 12.6. The molecule has 8 heteroatoms. The summed E-state index contributed by atoms with van der Waals surface area (Å²) in [4.78, 5) is 8.81. The molecule has 0 aromatic carbocycles. The summed E-state index contributed by atoms with van der Waals surface area (Å²) in [6.45, 7) is 8.03. The fraction of sp³-hybridized carbons (Fsp3) is 0.692. The standard InChI is InChI=1S/C13H25N7O/c1-21-11-10-19-6-4-18(5-7-19)8-9-20-3-2-12(17-20)16-13(14)15/h2-3H,4-11H2,1H3,(H4,14,15,16,17). The molecule has 118 valence electrons. The summed E-state index contributed by atoms with van der Waals surface area (Å²) in [5.41, 5.74) is 10.7. The molecule has 2 heterocycles. The Balaban J connectivity index is 1.70. The minimum atomic E-state index is 0.0347. The molecule has 1 aromatic rings. The first-order chi connectivity index (χ1) is 10.2. The van der Waals surface area contributed by atoms with Gasteiger partial charge in [-0.25, -0.2) is 0 Å². The van der Waals surface area contributed by atoms with Crippen molar-refractivity contribution in [2.45, 2.75) is 6.54 Å². The number of piperazine rings is 1. The van der Waals surface area contributed by atoms with Gasteiger partial charge in [0.2, 0.25) is 0 Å². The Morgan fingerprint density at radius 3 is 2.48 bits per heavy atom. The topological polar surface area (TPSA) is 97.9 Å². The van der Waals surface area contributed by atoms with Crippen LogP contribution >= 0.6 is 0 Å². The van der Waals surface area contributed by atoms with Gasteiger partial charge in [0.05, 0.1) is 13.2 Å². The van der Waals surface area contributed by atoms with Crippen LogP contribution in [0.15, 0.2) is 17.3 Å². The SMILES string of the molecule is COCCN1CCN(CCn2ccc(N=C(N)N)n2)CC1. The normalized spacial score (nSPS) is 17.0. The summed E-state index contributed by atoms with van der Waals surface area (Å²) in [6.07, 6.45) is 1.90. The van der Waals surface area contributed by atoms with Crippen LogP contribution in [0.25, 0.3) is 0 Å². The summed E-state index contributed by atoms with van der Waals surface area (Å²) in [5, 5.41) is 4.31. The highest BCUT2D eigenvalue weighted by Crippen LogP contribution is 2.07. The second-order valence-corrected chi connectivity index (χ2v) is 5.15. The van der Waals surface area contributed by atoms with E-state index in [2.05, 4.69) is 19.9 Å². The zero-order chi connectivity index (χ0) is 15.1. The number of hydrogen-bond acceptors (Lipinski definition) is 5. The molecule has 1 aromatic heterocycles. The number of guanidine groups is 1. The Bertz CT molecular complexity index is 447. The van der Waals surface area contributed by atoms with Crippen molar-refractivity contribution in [2.75, 3.05) is 53.0 Å². The van der Waals surface area contributed by atoms with Crippen molar-refractivity contribution >= 4 is 11.8 Å². The molecule has 1 aliphatic heterocycles. The molecule has 0 spiro atoms. The third-order valence-corrected chi connectivity index (χ3v) is 3.59. The lowest BCUT2D eigenvalue weighted by Gasteiger charge is -2.34. The summed E-state index contributed by atoms with van der Waals surface area (Å²) >= 11 is 0. The molecule has 2 rings (SSSR count). The van der Waals surface area contributed by atoms with Gasteiger partial charge in [-0.15, -0.1) is 0 Å². The number of aromatic nitrogens is 2. The number of nitrogens with zero attached hydrogens (tertiary/aromatic N) is 5. The van der Waals surface area contributed by atoms with Crippen LogP contribution < -0.4 is 11.5 Å². The van der Waals surface area contributed by atoms with Gasteiger partial charge in [-0.2, -0.15) is 10.1 Å².